The molecule has 0 aromatic rings. The average molecular weight is 264 g/mol. The van der Waals surface area contributed by atoms with Crippen molar-refractivity contribution in [3.05, 3.63) is 0 Å². The molecule has 0 aliphatic carbocycles. The second kappa shape index (κ2) is 8.42. The van der Waals surface area contributed by atoms with E-state index >= 15 is 0 Å². The Morgan fingerprint density at radius 3 is 2.71 bits per heavy atom. The molecular weight excluding hydrogens is 241 g/mol. The number of carbonyl (C=O) groups excluding carboxylic acids is 1. The summed E-state index contributed by atoms with van der Waals surface area (Å²) in [5, 5.41) is 14.0. The maximum atomic E-state index is 11.3. The number of amides is 1. The highest BCUT2D eigenvalue weighted by molar-refractivity contribution is 7.55. The Morgan fingerprint density at radius 2 is 2.29 bits per heavy atom. The van der Waals surface area contributed by atoms with Gasteiger partial charge in [-0.3, -0.25) is 5.84 Å². The van der Waals surface area contributed by atoms with Crippen LogP contribution in [0.25, 0.3) is 0 Å². The van der Waals surface area contributed by atoms with Crippen LogP contribution in [0.5, 0.6) is 0 Å². The molecule has 0 spiro atoms. The topological polar surface area (TPSA) is 87.8 Å². The van der Waals surface area contributed by atoms with Crippen LogP contribution in [0.2, 0.25) is 0 Å². The Balaban J connectivity index is 4.40. The van der Waals surface area contributed by atoms with Gasteiger partial charge in [0.25, 0.3) is 0 Å². The number of nitrogens with one attached hydrogen (secondary N) is 1. The second-order valence-corrected chi connectivity index (χ2v) is 6.09. The van der Waals surface area contributed by atoms with Crippen molar-refractivity contribution in [2.75, 3.05) is 33.0 Å². The second-order valence-electron chi connectivity index (χ2n) is 4.02. The van der Waals surface area contributed by atoms with Crippen molar-refractivity contribution in [2.24, 2.45) is 5.84 Å². The van der Waals surface area contributed by atoms with E-state index in [4.69, 9.17) is 10.6 Å². The molecule has 0 aromatic heterocycles. The molecule has 100 valence electrons. The highest BCUT2D eigenvalue weighted by Crippen LogP contribution is 2.16. The zero-order valence-electron chi connectivity index (χ0n) is 10.7. The first kappa shape index (κ1) is 16.3. The molecule has 3 unspecified atom stereocenters. The van der Waals surface area contributed by atoms with E-state index in [-0.39, 0.29) is 12.6 Å². The third-order valence-electron chi connectivity index (χ3n) is 2.03. The lowest BCUT2D eigenvalue weighted by molar-refractivity contribution is 0.0875. The first-order valence-electron chi connectivity index (χ1n) is 5.45. The fourth-order valence-corrected chi connectivity index (χ4v) is 2.35. The van der Waals surface area contributed by atoms with E-state index in [0.717, 1.165) is 0 Å². The SMILES string of the molecule is C=[P+](C)CC(NC(=O)OCC)C(O)CN(C)N. The molecule has 0 aromatic carbocycles. The lowest BCUT2D eigenvalue weighted by Gasteiger charge is -2.23. The number of hydrogen-bond acceptors (Lipinski definition) is 5. The number of likely N-dealkylation sites (N-methyl/N-ethyl adjacent to an activating group) is 1. The molecule has 17 heavy (non-hydrogen) atoms. The minimum atomic E-state index is -0.735. The van der Waals surface area contributed by atoms with E-state index in [2.05, 4.69) is 11.6 Å². The number of alkyl carbamates (subject to hydrolysis) is 1. The van der Waals surface area contributed by atoms with Gasteiger partial charge in [-0.25, -0.2) is 9.80 Å². The Hall–Kier alpha value is -0.680. The number of aliphatic hydroxyl groups is 1. The van der Waals surface area contributed by atoms with Crippen molar-refractivity contribution >= 4 is 19.9 Å². The van der Waals surface area contributed by atoms with Crippen molar-refractivity contribution in [1.29, 1.82) is 0 Å². The molecular formula is C10H23N3O3P+. The molecule has 0 aliphatic rings. The van der Waals surface area contributed by atoms with Gasteiger partial charge in [0.1, 0.15) is 6.16 Å². The minimum absolute atomic E-state index is 0.278. The maximum absolute atomic E-state index is 11.3. The van der Waals surface area contributed by atoms with Gasteiger partial charge in [-0.2, -0.15) is 0 Å². The molecule has 7 heteroatoms. The van der Waals surface area contributed by atoms with E-state index in [0.29, 0.717) is 12.8 Å². The highest BCUT2D eigenvalue weighted by Gasteiger charge is 2.26. The molecule has 6 nitrogen and oxygen atoms in total. The Labute approximate surface area is 103 Å². The molecule has 0 rings (SSSR count). The standard InChI is InChI=1S/C10H22N3O3P/c1-5-16-10(15)12-8(7-17(3)4)9(14)6-13(2)11/h8-9,14H,3,5-7,11H2,1-2,4H3/p+1. The van der Waals surface area contributed by atoms with Gasteiger partial charge < -0.3 is 15.2 Å². The summed E-state index contributed by atoms with van der Waals surface area (Å²) in [6, 6.07) is -0.381. The van der Waals surface area contributed by atoms with Crippen molar-refractivity contribution in [3.63, 3.8) is 0 Å². The smallest absolute Gasteiger partial charge is 0.407 e. The summed E-state index contributed by atoms with van der Waals surface area (Å²) in [5.74, 6) is 5.47. The molecule has 0 radical (unpaired) electrons. The van der Waals surface area contributed by atoms with Gasteiger partial charge in [0.05, 0.1) is 39.3 Å². The van der Waals surface area contributed by atoms with Crippen LogP contribution in [-0.4, -0.2) is 67.7 Å². The first-order valence-corrected chi connectivity index (χ1v) is 7.61. The maximum Gasteiger partial charge on any atom is 0.407 e. The molecule has 0 saturated carbocycles. The molecule has 0 bridgehead atoms. The number of hydrogen-bond donors (Lipinski definition) is 3. The van der Waals surface area contributed by atoms with Crippen LogP contribution in [0, 0.1) is 0 Å². The molecule has 0 fully saturated rings. The zero-order valence-corrected chi connectivity index (χ0v) is 11.6. The molecule has 3 atom stereocenters. The summed E-state index contributed by atoms with van der Waals surface area (Å²) in [4.78, 5) is 11.3. The largest absolute Gasteiger partial charge is 0.450 e. The molecule has 1 amide bonds. The minimum Gasteiger partial charge on any atom is -0.450 e. The first-order chi connectivity index (χ1) is 7.86. The monoisotopic (exact) mass is 264 g/mol. The third-order valence-corrected chi connectivity index (χ3v) is 3.04. The van der Waals surface area contributed by atoms with Gasteiger partial charge in [-0.15, -0.1) is 0 Å². The lowest BCUT2D eigenvalue weighted by atomic mass is 10.2. The lowest BCUT2D eigenvalue weighted by Crippen LogP contribution is -2.50. The number of nitrogens with zero attached hydrogens (tertiary/aromatic N) is 1. The predicted molar refractivity (Wildman–Crippen MR) is 71.6 cm³/mol. The number of carbonyl (C=O) groups is 1. The Bertz CT molecular complexity index is 261. The molecule has 0 saturated heterocycles. The summed E-state index contributed by atoms with van der Waals surface area (Å²) < 4.78 is 4.79. The van der Waals surface area contributed by atoms with Gasteiger partial charge in [0.2, 0.25) is 0 Å². The molecule has 0 aliphatic heterocycles. The van der Waals surface area contributed by atoms with E-state index in [9.17, 15) is 9.90 Å². The van der Waals surface area contributed by atoms with Crippen LogP contribution >= 0.6 is 7.55 Å². The van der Waals surface area contributed by atoms with Gasteiger partial charge in [-0.05, 0) is 6.92 Å². The summed E-state index contributed by atoms with van der Waals surface area (Å²) >= 11 is 0. The van der Waals surface area contributed by atoms with Crippen LogP contribution < -0.4 is 11.2 Å². The number of ether oxygens (including phenoxy) is 1. The number of hydrazine groups is 1. The van der Waals surface area contributed by atoms with Gasteiger partial charge in [0.15, 0.2) is 0 Å². The average Bonchev–Trinajstić information content (AvgIpc) is 2.15. The summed E-state index contributed by atoms with van der Waals surface area (Å²) in [6.45, 7) is 4.29. The number of rotatable bonds is 7. The Morgan fingerprint density at radius 1 is 1.71 bits per heavy atom. The fourth-order valence-electron chi connectivity index (χ4n) is 1.35. The van der Waals surface area contributed by atoms with Crippen LogP contribution in [-0.2, 0) is 4.74 Å². The van der Waals surface area contributed by atoms with Crippen LogP contribution in [0.15, 0.2) is 0 Å². The van der Waals surface area contributed by atoms with Crippen LogP contribution in [0.1, 0.15) is 6.92 Å². The molecule has 0 heterocycles. The Kier molecular flexibility index (Phi) is 8.08. The van der Waals surface area contributed by atoms with Crippen molar-refractivity contribution in [2.45, 2.75) is 19.1 Å². The van der Waals surface area contributed by atoms with Crippen LogP contribution in [0.4, 0.5) is 4.79 Å². The summed E-state index contributed by atoms with van der Waals surface area (Å²) in [7, 11) is 1.18. The fraction of sp³-hybridized carbons (Fsp3) is 0.800. The third kappa shape index (κ3) is 8.10. The summed E-state index contributed by atoms with van der Waals surface area (Å²) in [5.41, 5.74) is 0. The van der Waals surface area contributed by atoms with Gasteiger partial charge in [-0.1, -0.05) is 0 Å². The van der Waals surface area contributed by atoms with E-state index < -0.39 is 19.7 Å². The summed E-state index contributed by atoms with van der Waals surface area (Å²) in [6.07, 6.45) is 3.28. The van der Waals surface area contributed by atoms with E-state index in [1.165, 1.54) is 5.01 Å². The predicted octanol–water partition coefficient (Wildman–Crippen LogP) is -0.189. The number of aliphatic hydroxyl groups excluding tert-OH is 1. The quantitative estimate of drug-likeness (QED) is 0.337. The van der Waals surface area contributed by atoms with Crippen molar-refractivity contribution in [3.8, 4) is 0 Å². The normalized spacial score (nSPS) is 15.3. The number of nitrogens with two attached hydrogens (primary N) is 1. The van der Waals surface area contributed by atoms with Crippen molar-refractivity contribution < 1.29 is 14.6 Å². The van der Waals surface area contributed by atoms with E-state index in [1.807, 2.05) is 6.66 Å². The van der Waals surface area contributed by atoms with Gasteiger partial charge in [0, 0.05) is 13.6 Å². The van der Waals surface area contributed by atoms with Crippen molar-refractivity contribution in [1.82, 2.24) is 10.3 Å². The van der Waals surface area contributed by atoms with E-state index in [1.54, 1.807) is 14.0 Å². The molecule has 4 N–H and O–H groups in total. The van der Waals surface area contributed by atoms with Gasteiger partial charge >= 0.3 is 6.09 Å². The zero-order chi connectivity index (χ0) is 13.4. The van der Waals surface area contributed by atoms with Crippen LogP contribution in [0.3, 0.4) is 0 Å². The highest BCUT2D eigenvalue weighted by atomic mass is 31.1.